The summed E-state index contributed by atoms with van der Waals surface area (Å²) in [5, 5.41) is 3.31. The third-order valence-corrected chi connectivity index (χ3v) is 3.01. The van der Waals surface area contributed by atoms with E-state index in [0.29, 0.717) is 5.69 Å². The monoisotopic (exact) mass is 241 g/mol. The van der Waals surface area contributed by atoms with Crippen molar-refractivity contribution >= 4 is 11.5 Å². The van der Waals surface area contributed by atoms with Crippen LogP contribution in [0.25, 0.3) is 0 Å². The molecule has 3 heteroatoms. The summed E-state index contributed by atoms with van der Waals surface area (Å²) in [5.74, 6) is 0.765. The fourth-order valence-corrected chi connectivity index (χ4v) is 1.96. The highest BCUT2D eigenvalue weighted by Gasteiger charge is 2.03. The molecule has 1 aromatic carbocycles. The first-order valence-corrected chi connectivity index (χ1v) is 6.24. The molecule has 0 saturated carbocycles. The number of hydrogen-bond donors (Lipinski definition) is 2. The van der Waals surface area contributed by atoms with E-state index in [1.165, 1.54) is 11.1 Å². The van der Waals surface area contributed by atoms with Crippen molar-refractivity contribution in [2.75, 3.05) is 11.1 Å². The molecule has 0 fully saturated rings. The van der Waals surface area contributed by atoms with E-state index in [9.17, 15) is 0 Å². The number of nitrogens with two attached hydrogens (primary N) is 1. The number of benzene rings is 1. The van der Waals surface area contributed by atoms with E-state index in [0.717, 1.165) is 24.5 Å². The summed E-state index contributed by atoms with van der Waals surface area (Å²) < 4.78 is 0. The van der Waals surface area contributed by atoms with E-state index in [-0.39, 0.29) is 0 Å². The third kappa shape index (κ3) is 2.80. The van der Waals surface area contributed by atoms with Crippen molar-refractivity contribution in [2.24, 2.45) is 0 Å². The maximum absolute atomic E-state index is 5.90. The lowest BCUT2D eigenvalue weighted by atomic mass is 10.1. The number of aromatic nitrogens is 1. The van der Waals surface area contributed by atoms with Crippen LogP contribution in [0.5, 0.6) is 0 Å². The number of nitrogens with zero attached hydrogens (tertiary/aromatic N) is 1. The van der Waals surface area contributed by atoms with Gasteiger partial charge in [-0.3, -0.25) is 0 Å². The van der Waals surface area contributed by atoms with Gasteiger partial charge in [-0.25, -0.2) is 4.98 Å². The summed E-state index contributed by atoms with van der Waals surface area (Å²) in [5.41, 5.74) is 10.2. The first-order chi connectivity index (χ1) is 8.70. The fourth-order valence-electron chi connectivity index (χ4n) is 1.96. The molecule has 0 saturated heterocycles. The zero-order valence-corrected chi connectivity index (χ0v) is 10.9. The molecule has 18 heavy (non-hydrogen) atoms. The molecule has 0 aliphatic heterocycles. The van der Waals surface area contributed by atoms with Crippen LogP contribution >= 0.6 is 0 Å². The van der Waals surface area contributed by atoms with Gasteiger partial charge in [0.05, 0.1) is 5.69 Å². The molecule has 0 spiro atoms. The second kappa shape index (κ2) is 5.54. The largest absolute Gasteiger partial charge is 0.396 e. The minimum atomic E-state index is 0.689. The minimum Gasteiger partial charge on any atom is -0.396 e. The van der Waals surface area contributed by atoms with Gasteiger partial charge in [0.25, 0.3) is 0 Å². The lowest BCUT2D eigenvalue weighted by Gasteiger charge is -2.11. The summed E-state index contributed by atoms with van der Waals surface area (Å²) in [6, 6.07) is 12.2. The maximum Gasteiger partial charge on any atom is 0.149 e. The summed E-state index contributed by atoms with van der Waals surface area (Å²) in [6.07, 6.45) is 1.04. The van der Waals surface area contributed by atoms with E-state index >= 15 is 0 Å². The van der Waals surface area contributed by atoms with Gasteiger partial charge in [0.15, 0.2) is 0 Å². The standard InChI is InChI=1S/C15H19N3/c1-3-12-6-4-5-7-13(12)10-17-15-14(16)9-8-11(2)18-15/h4-9H,3,10,16H2,1-2H3,(H,17,18). The first-order valence-electron chi connectivity index (χ1n) is 6.24. The van der Waals surface area contributed by atoms with Gasteiger partial charge in [0.1, 0.15) is 5.82 Å². The quantitative estimate of drug-likeness (QED) is 0.864. The Hall–Kier alpha value is -2.03. The van der Waals surface area contributed by atoms with Gasteiger partial charge in [-0.2, -0.15) is 0 Å². The van der Waals surface area contributed by atoms with Gasteiger partial charge < -0.3 is 11.1 Å². The lowest BCUT2D eigenvalue weighted by molar-refractivity contribution is 1.03. The Kier molecular flexibility index (Phi) is 3.82. The van der Waals surface area contributed by atoms with Crippen LogP contribution in [0.4, 0.5) is 11.5 Å². The predicted octanol–water partition coefficient (Wildman–Crippen LogP) is 3.15. The summed E-state index contributed by atoms with van der Waals surface area (Å²) in [6.45, 7) is 4.88. The number of aryl methyl sites for hydroxylation is 2. The van der Waals surface area contributed by atoms with E-state index in [4.69, 9.17) is 5.73 Å². The van der Waals surface area contributed by atoms with Crippen LogP contribution in [0.1, 0.15) is 23.7 Å². The summed E-state index contributed by atoms with van der Waals surface area (Å²) in [7, 11) is 0. The molecule has 0 bridgehead atoms. The number of anilines is 2. The SMILES string of the molecule is CCc1ccccc1CNc1nc(C)ccc1N. The van der Waals surface area contributed by atoms with Crippen molar-refractivity contribution in [3.8, 4) is 0 Å². The van der Waals surface area contributed by atoms with Crippen molar-refractivity contribution in [2.45, 2.75) is 26.8 Å². The van der Waals surface area contributed by atoms with Crippen LogP contribution < -0.4 is 11.1 Å². The topological polar surface area (TPSA) is 50.9 Å². The zero-order chi connectivity index (χ0) is 13.0. The Labute approximate surface area is 108 Å². The molecular weight excluding hydrogens is 222 g/mol. The average Bonchev–Trinajstić information content (AvgIpc) is 2.40. The lowest BCUT2D eigenvalue weighted by Crippen LogP contribution is -2.06. The second-order valence-corrected chi connectivity index (χ2v) is 4.37. The van der Waals surface area contributed by atoms with Crippen LogP contribution in [-0.4, -0.2) is 4.98 Å². The normalized spacial score (nSPS) is 10.3. The molecule has 0 atom stereocenters. The Balaban J connectivity index is 2.14. The number of nitrogen functional groups attached to an aromatic ring is 1. The summed E-state index contributed by atoms with van der Waals surface area (Å²) in [4.78, 5) is 4.41. The van der Waals surface area contributed by atoms with Crippen molar-refractivity contribution in [3.05, 3.63) is 53.2 Å². The van der Waals surface area contributed by atoms with E-state index in [1.807, 2.05) is 19.1 Å². The molecule has 1 aromatic heterocycles. The van der Waals surface area contributed by atoms with E-state index < -0.39 is 0 Å². The van der Waals surface area contributed by atoms with Gasteiger partial charge >= 0.3 is 0 Å². The number of hydrogen-bond acceptors (Lipinski definition) is 3. The Bertz CT molecular complexity index is 535. The van der Waals surface area contributed by atoms with Gasteiger partial charge in [-0.15, -0.1) is 0 Å². The van der Waals surface area contributed by atoms with Gasteiger partial charge in [-0.1, -0.05) is 31.2 Å². The first kappa shape index (κ1) is 12.4. The van der Waals surface area contributed by atoms with Crippen LogP contribution in [0.2, 0.25) is 0 Å². The molecule has 3 N–H and O–H groups in total. The number of nitrogens with one attached hydrogen (secondary N) is 1. The minimum absolute atomic E-state index is 0.689. The molecule has 0 aliphatic rings. The Morgan fingerprint density at radius 2 is 1.83 bits per heavy atom. The molecule has 0 radical (unpaired) electrons. The smallest absolute Gasteiger partial charge is 0.149 e. The highest BCUT2D eigenvalue weighted by molar-refractivity contribution is 5.61. The molecule has 3 nitrogen and oxygen atoms in total. The van der Waals surface area contributed by atoms with E-state index in [1.54, 1.807) is 0 Å². The maximum atomic E-state index is 5.90. The second-order valence-electron chi connectivity index (χ2n) is 4.37. The van der Waals surface area contributed by atoms with Gasteiger partial charge in [0, 0.05) is 12.2 Å². The van der Waals surface area contributed by atoms with E-state index in [2.05, 4.69) is 41.5 Å². The molecule has 94 valence electrons. The zero-order valence-electron chi connectivity index (χ0n) is 10.9. The average molecular weight is 241 g/mol. The summed E-state index contributed by atoms with van der Waals surface area (Å²) >= 11 is 0. The molecule has 0 amide bonds. The highest BCUT2D eigenvalue weighted by atomic mass is 15.0. The molecule has 2 aromatic rings. The molecule has 1 heterocycles. The predicted molar refractivity (Wildman–Crippen MR) is 76.5 cm³/mol. The van der Waals surface area contributed by atoms with Crippen LogP contribution in [0.3, 0.4) is 0 Å². The number of pyridine rings is 1. The van der Waals surface area contributed by atoms with Gasteiger partial charge in [0.2, 0.25) is 0 Å². The number of rotatable bonds is 4. The van der Waals surface area contributed by atoms with Crippen molar-refractivity contribution in [1.29, 1.82) is 0 Å². The van der Waals surface area contributed by atoms with Crippen LogP contribution in [0.15, 0.2) is 36.4 Å². The Morgan fingerprint density at radius 3 is 2.56 bits per heavy atom. The van der Waals surface area contributed by atoms with Crippen molar-refractivity contribution < 1.29 is 0 Å². The molecule has 0 aliphatic carbocycles. The third-order valence-electron chi connectivity index (χ3n) is 3.01. The fraction of sp³-hybridized carbons (Fsp3) is 0.267. The van der Waals surface area contributed by atoms with Crippen LogP contribution in [-0.2, 0) is 13.0 Å². The highest BCUT2D eigenvalue weighted by Crippen LogP contribution is 2.17. The van der Waals surface area contributed by atoms with Crippen molar-refractivity contribution in [3.63, 3.8) is 0 Å². The molecule has 0 unspecified atom stereocenters. The molecule has 2 rings (SSSR count). The molecular formula is C15H19N3. The van der Waals surface area contributed by atoms with Crippen LogP contribution in [0, 0.1) is 6.92 Å². The Morgan fingerprint density at radius 1 is 1.11 bits per heavy atom. The van der Waals surface area contributed by atoms with Gasteiger partial charge in [-0.05, 0) is 36.6 Å². The van der Waals surface area contributed by atoms with Crippen molar-refractivity contribution in [1.82, 2.24) is 4.98 Å².